The lowest BCUT2D eigenvalue weighted by atomic mass is 10.3. The SMILES string of the molecule is C[S+]([O-])CCCCCS(C)(=O)=O. The Morgan fingerprint density at radius 3 is 2.25 bits per heavy atom. The summed E-state index contributed by atoms with van der Waals surface area (Å²) in [6, 6.07) is 0. The molecular weight excluding hydrogens is 196 g/mol. The van der Waals surface area contributed by atoms with Crippen LogP contribution in [0.25, 0.3) is 0 Å². The minimum Gasteiger partial charge on any atom is -0.617 e. The second-order valence-corrected chi connectivity index (χ2v) is 6.78. The monoisotopic (exact) mass is 212 g/mol. The Labute approximate surface area is 77.6 Å². The van der Waals surface area contributed by atoms with Gasteiger partial charge in [0.05, 0.1) is 6.26 Å². The molecule has 0 aliphatic rings. The molecule has 12 heavy (non-hydrogen) atoms. The average Bonchev–Trinajstić information content (AvgIpc) is 1.83. The molecule has 0 bridgehead atoms. The van der Waals surface area contributed by atoms with Gasteiger partial charge in [-0.05, 0) is 19.3 Å². The smallest absolute Gasteiger partial charge is 0.147 e. The quantitative estimate of drug-likeness (QED) is 0.478. The van der Waals surface area contributed by atoms with Crippen LogP contribution >= 0.6 is 0 Å². The maximum atomic E-state index is 10.7. The largest absolute Gasteiger partial charge is 0.617 e. The van der Waals surface area contributed by atoms with E-state index in [2.05, 4.69) is 0 Å². The highest BCUT2D eigenvalue weighted by atomic mass is 32.2. The van der Waals surface area contributed by atoms with E-state index in [0.717, 1.165) is 12.8 Å². The second kappa shape index (κ2) is 5.83. The highest BCUT2D eigenvalue weighted by molar-refractivity contribution is 7.90. The normalized spacial score (nSPS) is 14.6. The van der Waals surface area contributed by atoms with E-state index in [0.29, 0.717) is 12.2 Å². The summed E-state index contributed by atoms with van der Waals surface area (Å²) in [6.45, 7) is 0. The van der Waals surface area contributed by atoms with Crippen LogP contribution in [0.1, 0.15) is 19.3 Å². The molecule has 5 heteroatoms. The fraction of sp³-hybridized carbons (Fsp3) is 1.00. The van der Waals surface area contributed by atoms with Crippen LogP contribution in [-0.2, 0) is 21.0 Å². The van der Waals surface area contributed by atoms with Gasteiger partial charge in [-0.1, -0.05) is 11.2 Å². The first-order valence-electron chi connectivity index (χ1n) is 3.89. The summed E-state index contributed by atoms with van der Waals surface area (Å²) in [5.74, 6) is 0.938. The lowest BCUT2D eigenvalue weighted by Gasteiger charge is -2.03. The number of hydrogen-bond donors (Lipinski definition) is 0. The van der Waals surface area contributed by atoms with Gasteiger partial charge < -0.3 is 4.55 Å². The van der Waals surface area contributed by atoms with Crippen LogP contribution in [0.5, 0.6) is 0 Å². The van der Waals surface area contributed by atoms with Crippen molar-refractivity contribution in [1.82, 2.24) is 0 Å². The summed E-state index contributed by atoms with van der Waals surface area (Å²) in [7, 11) is -2.80. The third kappa shape index (κ3) is 10.3. The maximum absolute atomic E-state index is 10.7. The molecule has 0 aliphatic carbocycles. The summed E-state index contributed by atoms with van der Waals surface area (Å²) < 4.78 is 31.9. The molecule has 0 aromatic carbocycles. The van der Waals surface area contributed by atoms with Gasteiger partial charge in [0.25, 0.3) is 0 Å². The Morgan fingerprint density at radius 1 is 1.25 bits per heavy atom. The zero-order valence-corrected chi connectivity index (χ0v) is 9.21. The van der Waals surface area contributed by atoms with Gasteiger partial charge in [-0.2, -0.15) is 0 Å². The zero-order chi connectivity index (χ0) is 9.61. The molecule has 0 saturated heterocycles. The van der Waals surface area contributed by atoms with Gasteiger partial charge in [-0.3, -0.25) is 0 Å². The molecule has 3 nitrogen and oxygen atoms in total. The Kier molecular flexibility index (Phi) is 5.96. The molecule has 0 saturated carbocycles. The topological polar surface area (TPSA) is 57.2 Å². The van der Waals surface area contributed by atoms with E-state index in [4.69, 9.17) is 0 Å². The first-order chi connectivity index (χ1) is 5.42. The van der Waals surface area contributed by atoms with Crippen LogP contribution in [0, 0.1) is 0 Å². The Morgan fingerprint density at radius 2 is 1.83 bits per heavy atom. The Balaban J connectivity index is 3.23. The maximum Gasteiger partial charge on any atom is 0.147 e. The van der Waals surface area contributed by atoms with Crippen molar-refractivity contribution in [3.05, 3.63) is 0 Å². The van der Waals surface area contributed by atoms with E-state index in [1.165, 1.54) is 6.26 Å². The number of hydrogen-bond acceptors (Lipinski definition) is 3. The molecule has 0 N–H and O–H groups in total. The van der Waals surface area contributed by atoms with Crippen LogP contribution < -0.4 is 0 Å². The van der Waals surface area contributed by atoms with Crippen molar-refractivity contribution < 1.29 is 13.0 Å². The fourth-order valence-electron chi connectivity index (χ4n) is 0.846. The number of unbranched alkanes of at least 4 members (excludes halogenated alkanes) is 2. The molecule has 0 rings (SSSR count). The van der Waals surface area contributed by atoms with Crippen molar-refractivity contribution in [3.8, 4) is 0 Å². The first-order valence-corrected chi connectivity index (χ1v) is 7.68. The molecule has 0 spiro atoms. The molecule has 0 aliphatic heterocycles. The molecule has 0 radical (unpaired) electrons. The van der Waals surface area contributed by atoms with Crippen molar-refractivity contribution in [1.29, 1.82) is 0 Å². The van der Waals surface area contributed by atoms with Crippen molar-refractivity contribution in [2.45, 2.75) is 19.3 Å². The summed E-state index contributed by atoms with van der Waals surface area (Å²) >= 11 is -0.740. The highest BCUT2D eigenvalue weighted by Gasteiger charge is 2.02. The van der Waals surface area contributed by atoms with E-state index in [-0.39, 0.29) is 5.75 Å². The molecule has 0 aromatic heterocycles. The molecule has 0 aromatic rings. The zero-order valence-electron chi connectivity index (χ0n) is 7.58. The van der Waals surface area contributed by atoms with Crippen LogP contribution in [0.3, 0.4) is 0 Å². The van der Waals surface area contributed by atoms with E-state index in [1.807, 2.05) is 0 Å². The lowest BCUT2D eigenvalue weighted by Crippen LogP contribution is -2.05. The van der Waals surface area contributed by atoms with Crippen LogP contribution in [0.4, 0.5) is 0 Å². The molecular formula is C7H16O3S2. The van der Waals surface area contributed by atoms with E-state index in [1.54, 1.807) is 6.26 Å². The minimum absolute atomic E-state index is 0.253. The van der Waals surface area contributed by atoms with Gasteiger partial charge in [0.1, 0.15) is 15.6 Å². The van der Waals surface area contributed by atoms with Crippen molar-refractivity contribution in [2.24, 2.45) is 0 Å². The van der Waals surface area contributed by atoms with Crippen molar-refractivity contribution in [2.75, 3.05) is 24.0 Å². The summed E-state index contributed by atoms with van der Waals surface area (Å²) in [5.41, 5.74) is 0. The molecule has 0 heterocycles. The van der Waals surface area contributed by atoms with E-state index in [9.17, 15) is 13.0 Å². The molecule has 0 amide bonds. The van der Waals surface area contributed by atoms with Gasteiger partial charge in [0.15, 0.2) is 0 Å². The van der Waals surface area contributed by atoms with Crippen LogP contribution in [-0.4, -0.2) is 37.0 Å². The Bertz CT molecular complexity index is 197. The van der Waals surface area contributed by atoms with Crippen LogP contribution in [0.15, 0.2) is 0 Å². The lowest BCUT2D eigenvalue weighted by molar-refractivity contribution is 0.592. The van der Waals surface area contributed by atoms with Crippen molar-refractivity contribution in [3.63, 3.8) is 0 Å². The first kappa shape index (κ1) is 12.3. The fourth-order valence-corrected chi connectivity index (χ4v) is 2.19. The van der Waals surface area contributed by atoms with Gasteiger partial charge in [-0.25, -0.2) is 8.42 Å². The van der Waals surface area contributed by atoms with Gasteiger partial charge in [0.2, 0.25) is 0 Å². The summed E-state index contributed by atoms with van der Waals surface area (Å²) in [6.07, 6.45) is 5.31. The summed E-state index contributed by atoms with van der Waals surface area (Å²) in [5, 5.41) is 0. The van der Waals surface area contributed by atoms with Crippen molar-refractivity contribution >= 4 is 21.0 Å². The number of rotatable bonds is 6. The highest BCUT2D eigenvalue weighted by Crippen LogP contribution is 2.00. The third-order valence-electron chi connectivity index (χ3n) is 1.45. The predicted molar refractivity (Wildman–Crippen MR) is 52.5 cm³/mol. The molecule has 1 atom stereocenters. The van der Waals surface area contributed by atoms with Gasteiger partial charge >= 0.3 is 0 Å². The van der Waals surface area contributed by atoms with Gasteiger partial charge in [0, 0.05) is 12.0 Å². The van der Waals surface area contributed by atoms with E-state index < -0.39 is 21.0 Å². The molecule has 74 valence electrons. The van der Waals surface area contributed by atoms with Crippen LogP contribution in [0.2, 0.25) is 0 Å². The van der Waals surface area contributed by atoms with Gasteiger partial charge in [-0.15, -0.1) is 0 Å². The third-order valence-corrected chi connectivity index (χ3v) is 3.34. The summed E-state index contributed by atoms with van der Waals surface area (Å²) in [4.78, 5) is 0. The average molecular weight is 212 g/mol. The van der Waals surface area contributed by atoms with E-state index >= 15 is 0 Å². The predicted octanol–water partition coefficient (Wildman–Crippen LogP) is 0.580. The second-order valence-electron chi connectivity index (χ2n) is 2.97. The Hall–Kier alpha value is 0.260. The number of sulfone groups is 1. The molecule has 0 fully saturated rings. The molecule has 1 unspecified atom stereocenters. The standard InChI is InChI=1S/C7H16O3S2/c1-11(8)6-4-3-5-7-12(2,9)10/h3-7H2,1-2H3. The minimum atomic E-state index is -2.80.